The van der Waals surface area contributed by atoms with Gasteiger partial charge in [-0.05, 0) is 32.4 Å². The molecule has 0 radical (unpaired) electrons. The second kappa shape index (κ2) is 5.61. The molecule has 0 atom stereocenters. The topological polar surface area (TPSA) is 42.1 Å². The molecule has 5 heteroatoms. The minimum absolute atomic E-state index is 0.106. The van der Waals surface area contributed by atoms with Crippen LogP contribution in [0.4, 0.5) is 0 Å². The SMILES string of the molecule is COc1c(C(C)(C)C)[nH]c(C#CI)c(I)c1=O. The van der Waals surface area contributed by atoms with Gasteiger partial charge in [-0.25, -0.2) is 0 Å². The standard InChI is InChI=1S/C12H13I2NO2/c1-12(2,3)11-10(17-4)9(16)8(14)7(15-11)5-6-13/h1-4H3,(H,15,16). The van der Waals surface area contributed by atoms with Crippen molar-refractivity contribution in [1.29, 1.82) is 0 Å². The molecule has 0 aliphatic rings. The van der Waals surface area contributed by atoms with E-state index in [4.69, 9.17) is 4.74 Å². The normalized spacial score (nSPS) is 10.7. The summed E-state index contributed by atoms with van der Waals surface area (Å²) in [5.74, 6) is 3.27. The molecule has 0 saturated heterocycles. The minimum Gasteiger partial charge on any atom is -0.491 e. The summed E-state index contributed by atoms with van der Waals surface area (Å²) in [6.45, 7) is 6.07. The van der Waals surface area contributed by atoms with Crippen molar-refractivity contribution in [2.45, 2.75) is 26.2 Å². The Labute approximate surface area is 128 Å². The van der Waals surface area contributed by atoms with Crippen LogP contribution in [0.2, 0.25) is 0 Å². The van der Waals surface area contributed by atoms with E-state index in [-0.39, 0.29) is 10.8 Å². The van der Waals surface area contributed by atoms with Crippen LogP contribution in [-0.4, -0.2) is 12.1 Å². The first-order valence-electron chi connectivity index (χ1n) is 4.94. The monoisotopic (exact) mass is 457 g/mol. The maximum atomic E-state index is 12.1. The molecule has 0 saturated carbocycles. The zero-order valence-electron chi connectivity index (χ0n) is 10.1. The average Bonchev–Trinajstić information content (AvgIpc) is 2.23. The lowest BCUT2D eigenvalue weighted by molar-refractivity contribution is 0.387. The van der Waals surface area contributed by atoms with Crippen LogP contribution in [0.15, 0.2) is 4.79 Å². The molecule has 1 heterocycles. The molecule has 17 heavy (non-hydrogen) atoms. The van der Waals surface area contributed by atoms with Gasteiger partial charge in [0.2, 0.25) is 5.43 Å². The lowest BCUT2D eigenvalue weighted by atomic mass is 9.90. The van der Waals surface area contributed by atoms with E-state index >= 15 is 0 Å². The molecular weight excluding hydrogens is 444 g/mol. The Morgan fingerprint density at radius 1 is 1.35 bits per heavy atom. The van der Waals surface area contributed by atoms with Gasteiger partial charge in [-0.1, -0.05) is 20.8 Å². The van der Waals surface area contributed by atoms with E-state index in [1.165, 1.54) is 7.11 Å². The number of rotatable bonds is 1. The van der Waals surface area contributed by atoms with Crippen LogP contribution in [0.25, 0.3) is 0 Å². The molecule has 1 N–H and O–H groups in total. The second-order valence-corrected chi connectivity index (χ2v) is 6.14. The Balaban J connectivity index is 3.69. The molecule has 1 aromatic heterocycles. The van der Waals surface area contributed by atoms with Gasteiger partial charge in [0, 0.05) is 28.0 Å². The highest BCUT2D eigenvalue weighted by molar-refractivity contribution is 14.1. The molecule has 0 aromatic carbocycles. The molecule has 1 rings (SSSR count). The van der Waals surface area contributed by atoms with Crippen molar-refractivity contribution in [1.82, 2.24) is 4.98 Å². The van der Waals surface area contributed by atoms with Crippen molar-refractivity contribution in [3.63, 3.8) is 0 Å². The van der Waals surface area contributed by atoms with Crippen LogP contribution >= 0.6 is 45.2 Å². The summed E-state index contributed by atoms with van der Waals surface area (Å²) >= 11 is 3.94. The van der Waals surface area contributed by atoms with Crippen molar-refractivity contribution in [2.24, 2.45) is 0 Å². The number of ether oxygens (including phenoxy) is 1. The maximum Gasteiger partial charge on any atom is 0.238 e. The fraction of sp³-hybridized carbons (Fsp3) is 0.417. The first-order valence-corrected chi connectivity index (χ1v) is 7.10. The highest BCUT2D eigenvalue weighted by Crippen LogP contribution is 2.28. The van der Waals surface area contributed by atoms with Crippen LogP contribution in [0.3, 0.4) is 0 Å². The van der Waals surface area contributed by atoms with Gasteiger partial charge in [-0.15, -0.1) is 0 Å². The molecule has 0 fully saturated rings. The third kappa shape index (κ3) is 3.16. The first-order chi connectivity index (χ1) is 7.82. The number of hydrogen-bond donors (Lipinski definition) is 1. The molecule has 0 spiro atoms. The third-order valence-electron chi connectivity index (χ3n) is 2.23. The van der Waals surface area contributed by atoms with Gasteiger partial charge in [0.1, 0.15) is 5.69 Å². The number of nitrogens with one attached hydrogen (secondary N) is 1. The van der Waals surface area contributed by atoms with E-state index in [9.17, 15) is 4.79 Å². The molecule has 0 aliphatic carbocycles. The van der Waals surface area contributed by atoms with Gasteiger partial charge < -0.3 is 9.72 Å². The number of hydrogen-bond acceptors (Lipinski definition) is 2. The van der Waals surface area contributed by atoms with E-state index < -0.39 is 0 Å². The summed E-state index contributed by atoms with van der Waals surface area (Å²) in [6, 6.07) is 0. The van der Waals surface area contributed by atoms with Crippen LogP contribution in [-0.2, 0) is 5.41 Å². The zero-order valence-corrected chi connectivity index (χ0v) is 14.4. The summed E-state index contributed by atoms with van der Waals surface area (Å²) in [5.41, 5.74) is 1.12. The molecule has 0 bridgehead atoms. The smallest absolute Gasteiger partial charge is 0.238 e. The molecule has 92 valence electrons. The Morgan fingerprint density at radius 2 is 1.94 bits per heavy atom. The van der Waals surface area contributed by atoms with Gasteiger partial charge >= 0.3 is 0 Å². The van der Waals surface area contributed by atoms with Gasteiger partial charge in [-0.3, -0.25) is 4.79 Å². The lowest BCUT2D eigenvalue weighted by Gasteiger charge is -2.22. The van der Waals surface area contributed by atoms with Crippen LogP contribution in [0.1, 0.15) is 32.2 Å². The Kier molecular flexibility index (Phi) is 4.89. The lowest BCUT2D eigenvalue weighted by Crippen LogP contribution is -2.23. The van der Waals surface area contributed by atoms with Gasteiger partial charge in [0.05, 0.1) is 16.4 Å². The number of halogens is 2. The fourth-order valence-corrected chi connectivity index (χ4v) is 2.20. The van der Waals surface area contributed by atoms with Gasteiger partial charge in [-0.2, -0.15) is 0 Å². The summed E-state index contributed by atoms with van der Waals surface area (Å²) in [7, 11) is 1.51. The van der Waals surface area contributed by atoms with Crippen LogP contribution < -0.4 is 10.2 Å². The van der Waals surface area contributed by atoms with Crippen molar-refractivity contribution in [3.05, 3.63) is 25.2 Å². The van der Waals surface area contributed by atoms with E-state index in [0.29, 0.717) is 15.0 Å². The second-order valence-electron chi connectivity index (χ2n) is 4.52. The minimum atomic E-state index is -0.198. The molecule has 0 amide bonds. The number of aromatic amines is 1. The van der Waals surface area contributed by atoms with Crippen LogP contribution in [0, 0.1) is 13.4 Å². The Morgan fingerprint density at radius 3 is 2.35 bits per heavy atom. The Hall–Kier alpha value is -0.230. The largest absolute Gasteiger partial charge is 0.491 e. The number of methoxy groups -OCH3 is 1. The Bertz CT molecular complexity index is 545. The van der Waals surface area contributed by atoms with Gasteiger partial charge in [0.25, 0.3) is 0 Å². The fourth-order valence-electron chi connectivity index (χ4n) is 1.42. The molecule has 1 aromatic rings. The van der Waals surface area contributed by atoms with E-state index in [1.54, 1.807) is 0 Å². The number of aromatic nitrogens is 1. The van der Waals surface area contributed by atoms with E-state index in [0.717, 1.165) is 5.69 Å². The summed E-state index contributed by atoms with van der Waals surface area (Å²) in [6.07, 6.45) is 0. The molecule has 3 nitrogen and oxygen atoms in total. The van der Waals surface area contributed by atoms with Crippen molar-refractivity contribution in [3.8, 4) is 15.6 Å². The number of H-pyrrole nitrogens is 1. The highest BCUT2D eigenvalue weighted by atomic mass is 127. The van der Waals surface area contributed by atoms with Crippen LogP contribution in [0.5, 0.6) is 5.75 Å². The molecule has 0 aliphatic heterocycles. The van der Waals surface area contributed by atoms with Crippen molar-refractivity contribution >= 4 is 45.2 Å². The van der Waals surface area contributed by atoms with E-state index in [1.807, 2.05) is 66.0 Å². The maximum absolute atomic E-state index is 12.1. The third-order valence-corrected chi connectivity index (χ3v) is 3.53. The highest BCUT2D eigenvalue weighted by Gasteiger charge is 2.24. The number of pyridine rings is 1. The quantitative estimate of drug-likeness (QED) is 0.521. The first kappa shape index (κ1) is 14.8. The predicted molar refractivity (Wildman–Crippen MR) is 85.9 cm³/mol. The summed E-state index contributed by atoms with van der Waals surface area (Å²) in [5, 5.41) is 0. The summed E-state index contributed by atoms with van der Waals surface area (Å²) in [4.78, 5) is 15.3. The average molecular weight is 457 g/mol. The van der Waals surface area contributed by atoms with E-state index in [2.05, 4.69) is 14.8 Å². The van der Waals surface area contributed by atoms with Crippen molar-refractivity contribution < 1.29 is 4.74 Å². The van der Waals surface area contributed by atoms with Crippen molar-refractivity contribution in [2.75, 3.05) is 7.11 Å². The molecular formula is C12H13I2NO2. The molecule has 0 unspecified atom stereocenters. The predicted octanol–water partition coefficient (Wildman–Crippen LogP) is 3.03. The summed E-state index contributed by atoms with van der Waals surface area (Å²) < 4.78 is 8.56. The zero-order chi connectivity index (χ0) is 13.2. The van der Waals surface area contributed by atoms with Gasteiger partial charge in [0.15, 0.2) is 5.75 Å².